The van der Waals surface area contributed by atoms with Crippen molar-refractivity contribution in [3.63, 3.8) is 0 Å². The van der Waals surface area contributed by atoms with Gasteiger partial charge >= 0.3 is 0 Å². The number of anilines is 1. The Morgan fingerprint density at radius 2 is 2.48 bits per heavy atom. The first kappa shape index (κ1) is 14.4. The van der Waals surface area contributed by atoms with Gasteiger partial charge in [-0.15, -0.1) is 0 Å². The van der Waals surface area contributed by atoms with E-state index in [0.29, 0.717) is 6.61 Å². The van der Waals surface area contributed by atoms with Crippen LogP contribution in [-0.2, 0) is 14.3 Å². The van der Waals surface area contributed by atoms with Gasteiger partial charge in [0, 0.05) is 32.9 Å². The minimum absolute atomic E-state index is 0.0164. The van der Waals surface area contributed by atoms with Crippen molar-refractivity contribution in [3.05, 3.63) is 24.5 Å². The highest BCUT2D eigenvalue weighted by Gasteiger charge is 2.44. The van der Waals surface area contributed by atoms with Gasteiger partial charge in [0.15, 0.2) is 0 Å². The number of methoxy groups -OCH3 is 1. The zero-order valence-corrected chi connectivity index (χ0v) is 12.2. The number of hydrogen-bond donors (Lipinski definition) is 1. The van der Waals surface area contributed by atoms with Gasteiger partial charge < -0.3 is 14.8 Å². The van der Waals surface area contributed by atoms with Gasteiger partial charge in [0.1, 0.15) is 0 Å². The number of likely N-dealkylation sites (tertiary alicyclic amines) is 1. The maximum atomic E-state index is 12.4. The number of morpholine rings is 1. The average Bonchev–Trinajstić information content (AvgIpc) is 2.81. The van der Waals surface area contributed by atoms with Crippen molar-refractivity contribution in [1.29, 1.82) is 0 Å². The lowest BCUT2D eigenvalue weighted by atomic mass is 9.99. The second kappa shape index (κ2) is 6.51. The van der Waals surface area contributed by atoms with Crippen molar-refractivity contribution >= 4 is 11.6 Å². The molecule has 0 spiro atoms. The Hall–Kier alpha value is -1.50. The molecule has 2 bridgehead atoms. The maximum absolute atomic E-state index is 12.4. The van der Waals surface area contributed by atoms with E-state index in [2.05, 4.69) is 15.2 Å². The third kappa shape index (κ3) is 3.40. The molecular weight excluding hydrogens is 270 g/mol. The van der Waals surface area contributed by atoms with Crippen LogP contribution in [0, 0.1) is 5.92 Å². The van der Waals surface area contributed by atoms with Crippen molar-refractivity contribution in [3.8, 4) is 0 Å². The first-order valence-electron chi connectivity index (χ1n) is 7.34. The summed E-state index contributed by atoms with van der Waals surface area (Å²) in [5.41, 5.74) is 0.736. The van der Waals surface area contributed by atoms with E-state index in [9.17, 15) is 4.79 Å². The van der Waals surface area contributed by atoms with Crippen LogP contribution in [0.4, 0.5) is 5.69 Å². The molecule has 3 rings (SSSR count). The van der Waals surface area contributed by atoms with E-state index >= 15 is 0 Å². The van der Waals surface area contributed by atoms with Gasteiger partial charge in [-0.05, 0) is 18.6 Å². The molecular formula is C15H21N3O3. The van der Waals surface area contributed by atoms with Gasteiger partial charge in [0.25, 0.3) is 0 Å². The molecule has 2 fully saturated rings. The second-order valence-electron chi connectivity index (χ2n) is 5.62. The second-order valence-corrected chi connectivity index (χ2v) is 5.62. The highest BCUT2D eigenvalue weighted by molar-refractivity contribution is 5.93. The summed E-state index contributed by atoms with van der Waals surface area (Å²) in [5.74, 6) is -0.0492. The molecule has 2 saturated heterocycles. The van der Waals surface area contributed by atoms with Gasteiger partial charge in [-0.2, -0.15) is 0 Å². The molecule has 1 amide bonds. The number of ether oxygens (including phenoxy) is 2. The maximum Gasteiger partial charge on any atom is 0.230 e. The Morgan fingerprint density at radius 1 is 1.57 bits per heavy atom. The molecule has 3 atom stereocenters. The minimum atomic E-state index is -0.0808. The lowest BCUT2D eigenvalue weighted by molar-refractivity contribution is -0.123. The fourth-order valence-electron chi connectivity index (χ4n) is 3.09. The monoisotopic (exact) mass is 291 g/mol. The molecule has 2 aliphatic rings. The fraction of sp³-hybridized carbons (Fsp3) is 0.600. The van der Waals surface area contributed by atoms with Gasteiger partial charge in [-0.1, -0.05) is 0 Å². The normalized spacial score (nSPS) is 28.5. The zero-order valence-electron chi connectivity index (χ0n) is 12.2. The van der Waals surface area contributed by atoms with Gasteiger partial charge in [-0.3, -0.25) is 14.7 Å². The summed E-state index contributed by atoms with van der Waals surface area (Å²) in [6.45, 7) is 3.29. The van der Waals surface area contributed by atoms with Crippen LogP contribution in [0.3, 0.4) is 0 Å². The molecule has 6 heteroatoms. The number of carbonyl (C=O) groups is 1. The number of pyridine rings is 1. The number of nitrogens with zero attached hydrogens (tertiary/aromatic N) is 2. The van der Waals surface area contributed by atoms with E-state index in [1.54, 1.807) is 19.5 Å². The van der Waals surface area contributed by atoms with Crippen molar-refractivity contribution in [2.75, 3.05) is 38.7 Å². The number of rotatable bonds is 5. The molecule has 3 heterocycles. The van der Waals surface area contributed by atoms with Crippen LogP contribution in [-0.4, -0.2) is 61.3 Å². The average molecular weight is 291 g/mol. The van der Waals surface area contributed by atoms with Crippen LogP contribution >= 0.6 is 0 Å². The predicted molar refractivity (Wildman–Crippen MR) is 78.0 cm³/mol. The summed E-state index contributed by atoms with van der Waals surface area (Å²) in [4.78, 5) is 18.7. The number of hydrogen-bond acceptors (Lipinski definition) is 5. The van der Waals surface area contributed by atoms with E-state index in [1.807, 2.05) is 12.1 Å². The number of amides is 1. The van der Waals surface area contributed by atoms with E-state index < -0.39 is 0 Å². The van der Waals surface area contributed by atoms with Crippen LogP contribution in [0.5, 0.6) is 0 Å². The molecule has 0 radical (unpaired) electrons. The highest BCUT2D eigenvalue weighted by atomic mass is 16.5. The lowest BCUT2D eigenvalue weighted by Gasteiger charge is -2.32. The Morgan fingerprint density at radius 3 is 3.24 bits per heavy atom. The van der Waals surface area contributed by atoms with E-state index in [0.717, 1.165) is 31.7 Å². The first-order valence-corrected chi connectivity index (χ1v) is 7.34. The number of fused-ring (bicyclic) bond motifs is 2. The van der Waals surface area contributed by atoms with E-state index in [4.69, 9.17) is 9.47 Å². The van der Waals surface area contributed by atoms with Crippen LogP contribution < -0.4 is 5.32 Å². The quantitative estimate of drug-likeness (QED) is 0.867. The SMILES string of the molecule is COCCN1CC2CC(C(=O)Nc3cccnc3)C(C1)O2. The fourth-order valence-corrected chi connectivity index (χ4v) is 3.09. The summed E-state index contributed by atoms with van der Waals surface area (Å²) < 4.78 is 11.0. The largest absolute Gasteiger partial charge is 0.383 e. The molecule has 2 aliphatic heterocycles. The van der Waals surface area contributed by atoms with Crippen LogP contribution in [0.25, 0.3) is 0 Å². The summed E-state index contributed by atoms with van der Waals surface area (Å²) in [5, 5.41) is 2.93. The number of nitrogens with one attached hydrogen (secondary N) is 1. The Kier molecular flexibility index (Phi) is 4.48. The molecule has 0 aliphatic carbocycles. The molecule has 114 valence electrons. The van der Waals surface area contributed by atoms with Crippen LogP contribution in [0.2, 0.25) is 0 Å². The third-order valence-electron chi connectivity index (χ3n) is 4.11. The standard InChI is InChI=1S/C15H21N3O3/c1-20-6-5-18-9-12-7-13(14(10-18)21-12)15(19)17-11-3-2-4-16-8-11/h2-4,8,12-14H,5-7,9-10H2,1H3,(H,17,19). The predicted octanol–water partition coefficient (Wildman–Crippen LogP) is 0.756. The highest BCUT2D eigenvalue weighted by Crippen LogP contribution is 2.32. The topological polar surface area (TPSA) is 63.7 Å². The minimum Gasteiger partial charge on any atom is -0.383 e. The Labute approximate surface area is 124 Å². The number of carbonyl (C=O) groups excluding carboxylic acids is 1. The zero-order chi connectivity index (χ0) is 14.7. The molecule has 0 aromatic carbocycles. The molecule has 1 aromatic rings. The van der Waals surface area contributed by atoms with Crippen molar-refractivity contribution in [2.24, 2.45) is 5.92 Å². The summed E-state index contributed by atoms with van der Waals surface area (Å²) in [6, 6.07) is 3.66. The van der Waals surface area contributed by atoms with Crippen LogP contribution in [0.15, 0.2) is 24.5 Å². The summed E-state index contributed by atoms with van der Waals surface area (Å²) in [6.07, 6.45) is 4.28. The summed E-state index contributed by atoms with van der Waals surface area (Å²) in [7, 11) is 1.71. The molecule has 6 nitrogen and oxygen atoms in total. The Balaban J connectivity index is 1.58. The first-order chi connectivity index (χ1) is 10.3. The number of aromatic nitrogens is 1. The molecule has 0 saturated carbocycles. The third-order valence-corrected chi connectivity index (χ3v) is 4.11. The van der Waals surface area contributed by atoms with E-state index in [-0.39, 0.29) is 24.0 Å². The Bertz CT molecular complexity index is 482. The molecule has 3 unspecified atom stereocenters. The smallest absolute Gasteiger partial charge is 0.230 e. The van der Waals surface area contributed by atoms with Gasteiger partial charge in [0.05, 0.1) is 36.6 Å². The van der Waals surface area contributed by atoms with Crippen LogP contribution in [0.1, 0.15) is 6.42 Å². The van der Waals surface area contributed by atoms with Crippen molar-refractivity contribution < 1.29 is 14.3 Å². The molecule has 1 N–H and O–H groups in total. The van der Waals surface area contributed by atoms with Crippen molar-refractivity contribution in [2.45, 2.75) is 18.6 Å². The van der Waals surface area contributed by atoms with E-state index in [1.165, 1.54) is 0 Å². The van der Waals surface area contributed by atoms with Gasteiger partial charge in [0.2, 0.25) is 5.91 Å². The van der Waals surface area contributed by atoms with Gasteiger partial charge in [-0.25, -0.2) is 0 Å². The molecule has 1 aromatic heterocycles. The lowest BCUT2D eigenvalue weighted by Crippen LogP contribution is -2.45. The summed E-state index contributed by atoms with van der Waals surface area (Å²) >= 11 is 0. The molecule has 21 heavy (non-hydrogen) atoms. The van der Waals surface area contributed by atoms with Crippen molar-refractivity contribution in [1.82, 2.24) is 9.88 Å².